The van der Waals surface area contributed by atoms with Crippen molar-refractivity contribution in [3.8, 4) is 5.69 Å². The lowest BCUT2D eigenvalue weighted by atomic mass is 10.4. The molecule has 0 saturated carbocycles. The van der Waals surface area contributed by atoms with E-state index < -0.39 is 0 Å². The molecule has 3 aromatic heterocycles. The van der Waals surface area contributed by atoms with Crippen LogP contribution in [0.1, 0.15) is 0 Å². The number of nitrogens with two attached hydrogens (primary N) is 1. The van der Waals surface area contributed by atoms with Crippen LogP contribution in [0, 0.1) is 3.70 Å². The summed E-state index contributed by atoms with van der Waals surface area (Å²) in [5, 5.41) is 5.20. The first-order valence-electron chi connectivity index (χ1n) is 4.82. The number of anilines is 1. The Morgan fingerprint density at radius 2 is 1.94 bits per heavy atom. The number of nitrogen functional groups attached to an aromatic ring is 1. The second-order valence-electron chi connectivity index (χ2n) is 3.37. The Bertz CT molecular complexity index is 678. The summed E-state index contributed by atoms with van der Waals surface area (Å²) < 4.78 is 2.52. The van der Waals surface area contributed by atoms with Gasteiger partial charge in [0.15, 0.2) is 5.65 Å². The summed E-state index contributed by atoms with van der Waals surface area (Å²) in [5.41, 5.74) is 7.42. The van der Waals surface area contributed by atoms with Gasteiger partial charge in [-0.1, -0.05) is 0 Å². The van der Waals surface area contributed by atoms with Crippen molar-refractivity contribution in [2.24, 2.45) is 0 Å². The third-order valence-electron chi connectivity index (χ3n) is 2.36. The van der Waals surface area contributed by atoms with Crippen LogP contribution < -0.4 is 5.73 Å². The fraction of sp³-hybridized carbons (Fsp3) is 0. The third-order valence-corrected chi connectivity index (χ3v) is 3.11. The van der Waals surface area contributed by atoms with Gasteiger partial charge < -0.3 is 5.73 Å². The molecule has 17 heavy (non-hydrogen) atoms. The molecule has 0 radical (unpaired) electrons. The predicted molar refractivity (Wildman–Crippen MR) is 71.6 cm³/mol. The van der Waals surface area contributed by atoms with Crippen LogP contribution in [0.3, 0.4) is 0 Å². The molecule has 6 nitrogen and oxygen atoms in total. The number of hydrogen-bond donors (Lipinski definition) is 1. The topological polar surface area (TPSA) is 82.5 Å². The smallest absolute Gasteiger partial charge is 0.169 e. The first-order valence-corrected chi connectivity index (χ1v) is 5.90. The van der Waals surface area contributed by atoms with Crippen LogP contribution in [0.2, 0.25) is 0 Å². The molecule has 3 heterocycles. The molecule has 0 amide bonds. The minimum absolute atomic E-state index is 0.444. The van der Waals surface area contributed by atoms with E-state index in [0.29, 0.717) is 11.5 Å². The molecule has 3 rings (SSSR count). The normalized spacial score (nSPS) is 10.9. The van der Waals surface area contributed by atoms with Gasteiger partial charge >= 0.3 is 0 Å². The average molecular weight is 338 g/mol. The maximum Gasteiger partial charge on any atom is 0.169 e. The Kier molecular flexibility index (Phi) is 2.39. The summed E-state index contributed by atoms with van der Waals surface area (Å²) in [5.74, 6) is 0.444. The highest BCUT2D eigenvalue weighted by atomic mass is 127. The second-order valence-corrected chi connectivity index (χ2v) is 4.39. The third kappa shape index (κ3) is 1.62. The van der Waals surface area contributed by atoms with Gasteiger partial charge in [0.2, 0.25) is 0 Å². The standard InChI is InChI=1S/C10H7IN6/c11-8-7-9(12)14-5-15-10(7)17(16-8)6-1-3-13-4-2-6/h1-5H,(H2,12,14,15). The highest BCUT2D eigenvalue weighted by molar-refractivity contribution is 14.1. The second kappa shape index (κ2) is 3.91. The van der Waals surface area contributed by atoms with Gasteiger partial charge in [0.1, 0.15) is 15.8 Å². The highest BCUT2D eigenvalue weighted by Gasteiger charge is 2.13. The van der Waals surface area contributed by atoms with Gasteiger partial charge in [-0.05, 0) is 34.7 Å². The van der Waals surface area contributed by atoms with Gasteiger partial charge in [0.25, 0.3) is 0 Å². The van der Waals surface area contributed by atoms with Crippen molar-refractivity contribution in [2.75, 3.05) is 5.73 Å². The van der Waals surface area contributed by atoms with E-state index in [1.54, 1.807) is 17.1 Å². The van der Waals surface area contributed by atoms with E-state index in [0.717, 1.165) is 14.8 Å². The first-order chi connectivity index (χ1) is 8.27. The van der Waals surface area contributed by atoms with Crippen molar-refractivity contribution in [2.45, 2.75) is 0 Å². The fourth-order valence-corrected chi connectivity index (χ4v) is 2.33. The van der Waals surface area contributed by atoms with E-state index in [1.807, 2.05) is 12.1 Å². The summed E-state index contributed by atoms with van der Waals surface area (Å²) >= 11 is 2.12. The van der Waals surface area contributed by atoms with Crippen LogP contribution in [-0.2, 0) is 0 Å². The number of nitrogens with zero attached hydrogens (tertiary/aromatic N) is 5. The number of pyridine rings is 1. The van der Waals surface area contributed by atoms with Crippen LogP contribution in [0.4, 0.5) is 5.82 Å². The number of halogens is 1. The first kappa shape index (κ1) is 10.4. The van der Waals surface area contributed by atoms with Gasteiger partial charge in [0, 0.05) is 12.4 Å². The van der Waals surface area contributed by atoms with Crippen molar-refractivity contribution in [3.05, 3.63) is 34.6 Å². The van der Waals surface area contributed by atoms with Crippen LogP contribution in [0.5, 0.6) is 0 Å². The van der Waals surface area contributed by atoms with Crippen LogP contribution >= 0.6 is 22.6 Å². The Morgan fingerprint density at radius 1 is 1.18 bits per heavy atom. The summed E-state index contributed by atoms with van der Waals surface area (Å²) in [6.07, 6.45) is 4.85. The molecule has 0 fully saturated rings. The molecule has 0 aromatic carbocycles. The van der Waals surface area contributed by atoms with Crippen molar-refractivity contribution in [3.63, 3.8) is 0 Å². The SMILES string of the molecule is Nc1ncnc2c1c(I)nn2-c1ccncc1. The van der Waals surface area contributed by atoms with Crippen molar-refractivity contribution in [1.29, 1.82) is 0 Å². The predicted octanol–water partition coefficient (Wildman–Crippen LogP) is 1.40. The Balaban J connectivity index is 2.36. The molecule has 7 heteroatoms. The highest BCUT2D eigenvalue weighted by Crippen LogP contribution is 2.24. The van der Waals surface area contributed by atoms with E-state index >= 15 is 0 Å². The maximum absolute atomic E-state index is 5.83. The molecule has 0 unspecified atom stereocenters. The number of aromatic nitrogens is 5. The van der Waals surface area contributed by atoms with Gasteiger partial charge in [-0.3, -0.25) is 4.98 Å². The average Bonchev–Trinajstić information content (AvgIpc) is 2.69. The molecular formula is C10H7IN6. The number of rotatable bonds is 1. The van der Waals surface area contributed by atoms with Gasteiger partial charge in [-0.2, -0.15) is 5.10 Å². The minimum atomic E-state index is 0.444. The van der Waals surface area contributed by atoms with Crippen molar-refractivity contribution in [1.82, 2.24) is 24.7 Å². The Morgan fingerprint density at radius 3 is 2.71 bits per heavy atom. The molecule has 0 aliphatic rings. The lowest BCUT2D eigenvalue weighted by Gasteiger charge is -2.01. The van der Waals surface area contributed by atoms with E-state index in [2.05, 4.69) is 42.6 Å². The number of fused-ring (bicyclic) bond motifs is 1. The molecule has 84 valence electrons. The van der Waals surface area contributed by atoms with E-state index in [9.17, 15) is 0 Å². The Labute approximate surface area is 110 Å². The molecule has 0 aliphatic heterocycles. The minimum Gasteiger partial charge on any atom is -0.383 e. The van der Waals surface area contributed by atoms with Crippen LogP contribution in [0.25, 0.3) is 16.7 Å². The largest absolute Gasteiger partial charge is 0.383 e. The Hall–Kier alpha value is -1.77. The van der Waals surface area contributed by atoms with Crippen molar-refractivity contribution < 1.29 is 0 Å². The van der Waals surface area contributed by atoms with Gasteiger partial charge in [0.05, 0.1) is 11.1 Å². The molecule has 3 aromatic rings. The van der Waals surface area contributed by atoms with E-state index in [4.69, 9.17) is 5.73 Å². The molecule has 0 saturated heterocycles. The molecule has 0 atom stereocenters. The maximum atomic E-state index is 5.83. The quantitative estimate of drug-likeness (QED) is 0.678. The molecular weight excluding hydrogens is 331 g/mol. The monoisotopic (exact) mass is 338 g/mol. The van der Waals surface area contributed by atoms with Gasteiger partial charge in [-0.25, -0.2) is 14.6 Å². The summed E-state index contributed by atoms with van der Waals surface area (Å²) in [6, 6.07) is 3.72. The van der Waals surface area contributed by atoms with Crippen molar-refractivity contribution >= 4 is 39.4 Å². The lowest BCUT2D eigenvalue weighted by molar-refractivity contribution is 0.881. The van der Waals surface area contributed by atoms with Gasteiger partial charge in [-0.15, -0.1) is 0 Å². The van der Waals surface area contributed by atoms with Crippen LogP contribution in [-0.4, -0.2) is 24.7 Å². The lowest BCUT2D eigenvalue weighted by Crippen LogP contribution is -1.98. The van der Waals surface area contributed by atoms with E-state index in [-0.39, 0.29) is 0 Å². The zero-order valence-corrected chi connectivity index (χ0v) is 10.7. The van der Waals surface area contributed by atoms with E-state index in [1.165, 1.54) is 6.33 Å². The summed E-state index contributed by atoms with van der Waals surface area (Å²) in [6.45, 7) is 0. The molecule has 0 spiro atoms. The zero-order chi connectivity index (χ0) is 11.8. The van der Waals surface area contributed by atoms with Crippen LogP contribution in [0.15, 0.2) is 30.9 Å². The summed E-state index contributed by atoms with van der Waals surface area (Å²) in [4.78, 5) is 12.2. The summed E-state index contributed by atoms with van der Waals surface area (Å²) in [7, 11) is 0. The molecule has 0 bridgehead atoms. The molecule has 0 aliphatic carbocycles. The zero-order valence-electron chi connectivity index (χ0n) is 8.58. The fourth-order valence-electron chi connectivity index (χ4n) is 1.60. The molecule has 2 N–H and O–H groups in total. The number of hydrogen-bond acceptors (Lipinski definition) is 5.